The summed E-state index contributed by atoms with van der Waals surface area (Å²) in [5.74, 6) is 0.935. The Balaban J connectivity index is 2.06. The Kier molecular flexibility index (Phi) is 4.73. The van der Waals surface area contributed by atoms with Gasteiger partial charge in [0.05, 0.1) is 17.8 Å². The molecule has 0 aliphatic heterocycles. The highest BCUT2D eigenvalue weighted by atomic mass is 32.1. The van der Waals surface area contributed by atoms with E-state index in [9.17, 15) is 0 Å². The molecule has 3 nitrogen and oxygen atoms in total. The summed E-state index contributed by atoms with van der Waals surface area (Å²) in [5, 5.41) is 6.42. The number of nitrogens with zero attached hydrogens (tertiary/aromatic N) is 1. The highest BCUT2D eigenvalue weighted by Crippen LogP contribution is 2.22. The van der Waals surface area contributed by atoms with Crippen LogP contribution in [0.1, 0.15) is 16.3 Å². The first-order chi connectivity index (χ1) is 8.83. The zero-order chi connectivity index (χ0) is 12.8. The fraction of sp³-hybridized carbons (Fsp3) is 0.357. The summed E-state index contributed by atoms with van der Waals surface area (Å²) < 4.78 is 5.36. The first kappa shape index (κ1) is 13.1. The molecule has 0 saturated carbocycles. The summed E-state index contributed by atoms with van der Waals surface area (Å²) in [4.78, 5) is 4.64. The number of likely N-dealkylation sites (N-methyl/N-ethyl adjacent to an activating group) is 1. The van der Waals surface area contributed by atoms with Gasteiger partial charge < -0.3 is 10.1 Å². The molecule has 0 bridgehead atoms. The van der Waals surface area contributed by atoms with E-state index in [2.05, 4.69) is 21.7 Å². The summed E-state index contributed by atoms with van der Waals surface area (Å²) in [5.41, 5.74) is 2.36. The maximum absolute atomic E-state index is 5.36. The number of thiazole rings is 1. The van der Waals surface area contributed by atoms with Crippen LogP contribution in [-0.2, 0) is 12.8 Å². The van der Waals surface area contributed by atoms with Crippen LogP contribution in [0.25, 0.3) is 0 Å². The summed E-state index contributed by atoms with van der Waals surface area (Å²) >= 11 is 1.72. The van der Waals surface area contributed by atoms with Crippen LogP contribution < -0.4 is 10.1 Å². The van der Waals surface area contributed by atoms with Crippen molar-refractivity contribution in [1.82, 2.24) is 10.3 Å². The van der Waals surface area contributed by atoms with Crippen molar-refractivity contribution in [1.29, 1.82) is 0 Å². The van der Waals surface area contributed by atoms with E-state index in [4.69, 9.17) is 4.74 Å². The average Bonchev–Trinajstić information content (AvgIpc) is 2.84. The number of hydrogen-bond donors (Lipinski definition) is 1. The molecule has 0 radical (unpaired) electrons. The van der Waals surface area contributed by atoms with Gasteiger partial charge in [0.1, 0.15) is 5.75 Å². The fourth-order valence-corrected chi connectivity index (χ4v) is 2.66. The van der Waals surface area contributed by atoms with E-state index in [-0.39, 0.29) is 0 Å². The predicted octanol–water partition coefficient (Wildman–Crippen LogP) is 2.50. The van der Waals surface area contributed by atoms with E-state index in [1.807, 2.05) is 25.2 Å². The van der Waals surface area contributed by atoms with Gasteiger partial charge in [-0.25, -0.2) is 4.98 Å². The van der Waals surface area contributed by atoms with Crippen molar-refractivity contribution in [3.05, 3.63) is 45.9 Å². The lowest BCUT2D eigenvalue weighted by atomic mass is 10.1. The molecule has 1 aromatic carbocycles. The van der Waals surface area contributed by atoms with Crippen LogP contribution in [0.2, 0.25) is 0 Å². The molecule has 2 rings (SSSR count). The first-order valence-corrected chi connectivity index (χ1v) is 6.91. The van der Waals surface area contributed by atoms with E-state index in [1.54, 1.807) is 18.4 Å². The van der Waals surface area contributed by atoms with Crippen molar-refractivity contribution in [3.8, 4) is 5.75 Å². The third kappa shape index (κ3) is 3.31. The Bertz CT molecular complexity index is 496. The molecule has 96 valence electrons. The largest absolute Gasteiger partial charge is 0.496 e. The summed E-state index contributed by atoms with van der Waals surface area (Å²) in [7, 11) is 3.67. The predicted molar refractivity (Wildman–Crippen MR) is 75.5 cm³/mol. The molecule has 0 aliphatic carbocycles. The second-order valence-corrected chi connectivity index (χ2v) is 5.02. The number of aromatic nitrogens is 1. The van der Waals surface area contributed by atoms with Crippen molar-refractivity contribution in [2.75, 3.05) is 20.7 Å². The van der Waals surface area contributed by atoms with Gasteiger partial charge in [-0.05, 0) is 13.1 Å². The normalized spacial score (nSPS) is 10.6. The zero-order valence-corrected chi connectivity index (χ0v) is 11.6. The lowest BCUT2D eigenvalue weighted by Gasteiger charge is -2.05. The van der Waals surface area contributed by atoms with Crippen LogP contribution >= 0.6 is 11.3 Å². The lowest BCUT2D eigenvalue weighted by Crippen LogP contribution is -2.10. The molecule has 0 unspecified atom stereocenters. The molecule has 0 saturated heterocycles. The van der Waals surface area contributed by atoms with Crippen LogP contribution in [0.5, 0.6) is 5.75 Å². The second-order valence-electron chi connectivity index (χ2n) is 4.07. The van der Waals surface area contributed by atoms with Crippen molar-refractivity contribution in [2.24, 2.45) is 0 Å². The third-order valence-corrected chi connectivity index (χ3v) is 3.66. The minimum absolute atomic E-state index is 0.842. The molecule has 4 heteroatoms. The monoisotopic (exact) mass is 262 g/mol. The maximum Gasteiger partial charge on any atom is 0.122 e. The number of hydrogen-bond acceptors (Lipinski definition) is 4. The highest BCUT2D eigenvalue weighted by molar-refractivity contribution is 7.09. The van der Waals surface area contributed by atoms with E-state index in [0.717, 1.165) is 30.1 Å². The molecule has 0 spiro atoms. The fourth-order valence-electron chi connectivity index (χ4n) is 1.81. The van der Waals surface area contributed by atoms with Crippen molar-refractivity contribution in [2.45, 2.75) is 12.8 Å². The Morgan fingerprint density at radius 3 is 2.94 bits per heavy atom. The topological polar surface area (TPSA) is 34.1 Å². The van der Waals surface area contributed by atoms with Crippen LogP contribution in [0.15, 0.2) is 29.6 Å². The van der Waals surface area contributed by atoms with Gasteiger partial charge in [0.25, 0.3) is 0 Å². The Labute approximate surface area is 112 Å². The number of para-hydroxylation sites is 1. The average molecular weight is 262 g/mol. The van der Waals surface area contributed by atoms with Gasteiger partial charge in [-0.2, -0.15) is 0 Å². The van der Waals surface area contributed by atoms with Crippen molar-refractivity contribution < 1.29 is 4.74 Å². The van der Waals surface area contributed by atoms with Gasteiger partial charge in [-0.1, -0.05) is 18.2 Å². The molecule has 1 aromatic heterocycles. The summed E-state index contributed by atoms with van der Waals surface area (Å²) in [6.07, 6.45) is 1.83. The molecular formula is C14H18N2OS. The third-order valence-electron chi connectivity index (χ3n) is 2.76. The molecule has 2 aromatic rings. The molecule has 0 amide bonds. The van der Waals surface area contributed by atoms with E-state index < -0.39 is 0 Å². The van der Waals surface area contributed by atoms with Crippen LogP contribution in [0, 0.1) is 0 Å². The van der Waals surface area contributed by atoms with Crippen LogP contribution in [0.4, 0.5) is 0 Å². The number of benzene rings is 1. The molecule has 0 fully saturated rings. The minimum atomic E-state index is 0.842. The first-order valence-electron chi connectivity index (χ1n) is 6.03. The molecule has 1 heterocycles. The van der Waals surface area contributed by atoms with Gasteiger partial charge in [0, 0.05) is 30.3 Å². The lowest BCUT2D eigenvalue weighted by molar-refractivity contribution is 0.410. The smallest absolute Gasteiger partial charge is 0.122 e. The molecule has 0 aliphatic rings. The standard InChI is InChI=1S/C14H18N2OS/c1-15-8-7-12-10-18-14(16-12)9-11-5-3-4-6-13(11)17-2/h3-6,10,15H,7-9H2,1-2H3. The molecular weight excluding hydrogens is 244 g/mol. The van der Waals surface area contributed by atoms with Crippen molar-refractivity contribution in [3.63, 3.8) is 0 Å². The van der Waals surface area contributed by atoms with E-state index >= 15 is 0 Å². The Morgan fingerprint density at radius 1 is 1.33 bits per heavy atom. The molecule has 1 N–H and O–H groups in total. The Morgan fingerprint density at radius 2 is 2.17 bits per heavy atom. The maximum atomic E-state index is 5.36. The molecule has 0 atom stereocenters. The van der Waals surface area contributed by atoms with Gasteiger partial charge >= 0.3 is 0 Å². The molecule has 18 heavy (non-hydrogen) atoms. The SMILES string of the molecule is CNCCc1csc(Cc2ccccc2OC)n1. The number of rotatable bonds is 6. The van der Waals surface area contributed by atoms with Gasteiger partial charge in [0.2, 0.25) is 0 Å². The quantitative estimate of drug-likeness (QED) is 0.868. The van der Waals surface area contributed by atoms with Gasteiger partial charge in [-0.15, -0.1) is 11.3 Å². The van der Waals surface area contributed by atoms with Crippen LogP contribution in [0.3, 0.4) is 0 Å². The number of methoxy groups -OCH3 is 1. The number of nitrogens with one attached hydrogen (secondary N) is 1. The summed E-state index contributed by atoms with van der Waals surface area (Å²) in [6.45, 7) is 0.970. The van der Waals surface area contributed by atoms with Gasteiger partial charge in [-0.3, -0.25) is 0 Å². The zero-order valence-electron chi connectivity index (χ0n) is 10.8. The van der Waals surface area contributed by atoms with Crippen LogP contribution in [-0.4, -0.2) is 25.7 Å². The summed E-state index contributed by atoms with van der Waals surface area (Å²) in [6, 6.07) is 8.11. The van der Waals surface area contributed by atoms with E-state index in [0.29, 0.717) is 0 Å². The highest BCUT2D eigenvalue weighted by Gasteiger charge is 2.06. The van der Waals surface area contributed by atoms with Crippen molar-refractivity contribution >= 4 is 11.3 Å². The van der Waals surface area contributed by atoms with Gasteiger partial charge in [0.15, 0.2) is 0 Å². The number of ether oxygens (including phenoxy) is 1. The van der Waals surface area contributed by atoms with E-state index in [1.165, 1.54) is 11.3 Å². The Hall–Kier alpha value is -1.39. The second kappa shape index (κ2) is 6.52. The minimum Gasteiger partial charge on any atom is -0.496 e.